The Labute approximate surface area is 106 Å². The summed E-state index contributed by atoms with van der Waals surface area (Å²) in [6.07, 6.45) is 0.663. The Hall–Kier alpha value is -0.430. The first-order valence-electron chi connectivity index (χ1n) is 5.70. The highest BCUT2D eigenvalue weighted by atomic mass is 32.2. The number of rotatable bonds is 4. The molecule has 2 rings (SSSR count). The first-order chi connectivity index (χ1) is 8.12. The molecule has 0 radical (unpaired) electrons. The minimum absolute atomic E-state index is 0.129. The van der Waals surface area contributed by atoms with E-state index >= 15 is 0 Å². The molecule has 2 heterocycles. The molecule has 1 atom stereocenters. The van der Waals surface area contributed by atoms with Gasteiger partial charge in [0.1, 0.15) is 0 Å². The van der Waals surface area contributed by atoms with Crippen LogP contribution < -0.4 is 0 Å². The Balaban J connectivity index is 2.08. The maximum absolute atomic E-state index is 11.4. The van der Waals surface area contributed by atoms with Crippen molar-refractivity contribution in [2.24, 2.45) is 0 Å². The summed E-state index contributed by atoms with van der Waals surface area (Å²) < 4.78 is 22.8. The Kier molecular flexibility index (Phi) is 4.19. The molecule has 1 saturated heterocycles. The van der Waals surface area contributed by atoms with Crippen LogP contribution in [0.4, 0.5) is 0 Å². The average Bonchev–Trinajstić information content (AvgIpc) is 2.80. The molecule has 0 bridgehead atoms. The van der Waals surface area contributed by atoms with E-state index < -0.39 is 9.84 Å². The largest absolute Gasteiger partial charge is 0.396 e. The summed E-state index contributed by atoms with van der Waals surface area (Å²) in [4.78, 5) is 2.17. The fourth-order valence-electron chi connectivity index (χ4n) is 2.19. The summed E-state index contributed by atoms with van der Waals surface area (Å²) in [7, 11) is -2.83. The molecule has 1 aliphatic rings. The zero-order valence-corrected chi connectivity index (χ0v) is 11.2. The SMILES string of the molecule is O=S1(=O)CCN([C@@H](CCO)c2ccsc2)CC1. The predicted octanol–water partition coefficient (Wildman–Crippen LogP) is 0.902. The van der Waals surface area contributed by atoms with E-state index in [1.54, 1.807) is 11.3 Å². The van der Waals surface area contributed by atoms with E-state index in [1.807, 2.05) is 11.4 Å². The Morgan fingerprint density at radius 3 is 2.65 bits per heavy atom. The van der Waals surface area contributed by atoms with Gasteiger partial charge in [0.2, 0.25) is 0 Å². The van der Waals surface area contributed by atoms with E-state index in [0.717, 1.165) is 0 Å². The zero-order valence-electron chi connectivity index (χ0n) is 9.58. The normalized spacial score (nSPS) is 22.4. The predicted molar refractivity (Wildman–Crippen MR) is 69.0 cm³/mol. The van der Waals surface area contributed by atoms with Crippen molar-refractivity contribution < 1.29 is 13.5 Å². The van der Waals surface area contributed by atoms with Crippen LogP contribution in [0.1, 0.15) is 18.0 Å². The minimum atomic E-state index is -2.83. The number of sulfone groups is 1. The summed E-state index contributed by atoms with van der Waals surface area (Å²) in [6.45, 7) is 1.27. The second-order valence-electron chi connectivity index (χ2n) is 4.27. The Bertz CT molecular complexity index is 427. The molecule has 4 nitrogen and oxygen atoms in total. The van der Waals surface area contributed by atoms with Gasteiger partial charge in [-0.2, -0.15) is 11.3 Å². The quantitative estimate of drug-likeness (QED) is 0.887. The van der Waals surface area contributed by atoms with E-state index in [2.05, 4.69) is 10.3 Å². The second kappa shape index (κ2) is 5.48. The first-order valence-corrected chi connectivity index (χ1v) is 8.46. The van der Waals surface area contributed by atoms with Crippen molar-refractivity contribution in [1.29, 1.82) is 0 Å². The highest BCUT2D eigenvalue weighted by Gasteiger charge is 2.27. The molecular formula is C11H17NO3S2. The maximum atomic E-state index is 11.4. The highest BCUT2D eigenvalue weighted by molar-refractivity contribution is 7.91. The highest BCUT2D eigenvalue weighted by Crippen LogP contribution is 2.27. The number of aliphatic hydroxyl groups is 1. The van der Waals surface area contributed by atoms with Gasteiger partial charge in [-0.3, -0.25) is 4.90 Å². The lowest BCUT2D eigenvalue weighted by atomic mass is 10.1. The van der Waals surface area contributed by atoms with E-state index in [9.17, 15) is 8.42 Å². The summed E-state index contributed by atoms with van der Waals surface area (Å²) in [5, 5.41) is 13.2. The maximum Gasteiger partial charge on any atom is 0.152 e. The standard InChI is InChI=1S/C11H17NO3S2/c13-5-1-11(10-2-6-16-9-10)12-3-7-17(14,15)8-4-12/h2,6,9,11,13H,1,3-5,7-8H2/t11-/m0/s1. The smallest absolute Gasteiger partial charge is 0.152 e. The van der Waals surface area contributed by atoms with Crippen LogP contribution in [0.3, 0.4) is 0 Å². The van der Waals surface area contributed by atoms with Gasteiger partial charge in [0.15, 0.2) is 9.84 Å². The van der Waals surface area contributed by atoms with Gasteiger partial charge in [-0.1, -0.05) is 0 Å². The molecule has 6 heteroatoms. The van der Waals surface area contributed by atoms with Crippen LogP contribution in [0.25, 0.3) is 0 Å². The van der Waals surface area contributed by atoms with Crippen LogP contribution in [0.15, 0.2) is 16.8 Å². The molecule has 1 aromatic heterocycles. The fourth-order valence-corrected chi connectivity index (χ4v) is 4.12. The van der Waals surface area contributed by atoms with Gasteiger partial charge in [-0.05, 0) is 28.8 Å². The van der Waals surface area contributed by atoms with Crippen LogP contribution in [-0.4, -0.2) is 49.6 Å². The molecule has 1 N–H and O–H groups in total. The van der Waals surface area contributed by atoms with Gasteiger partial charge in [0.05, 0.1) is 11.5 Å². The fraction of sp³-hybridized carbons (Fsp3) is 0.636. The van der Waals surface area contributed by atoms with Crippen molar-refractivity contribution in [1.82, 2.24) is 4.90 Å². The number of aliphatic hydroxyl groups excluding tert-OH is 1. The minimum Gasteiger partial charge on any atom is -0.396 e. The number of hydrogen-bond acceptors (Lipinski definition) is 5. The van der Waals surface area contributed by atoms with Crippen LogP contribution >= 0.6 is 11.3 Å². The molecule has 1 aromatic rings. The van der Waals surface area contributed by atoms with Gasteiger partial charge in [0, 0.05) is 25.7 Å². The van der Waals surface area contributed by atoms with Crippen LogP contribution in [0, 0.1) is 0 Å². The van der Waals surface area contributed by atoms with Crippen molar-refractivity contribution in [2.75, 3.05) is 31.2 Å². The van der Waals surface area contributed by atoms with E-state index in [0.29, 0.717) is 19.5 Å². The van der Waals surface area contributed by atoms with Crippen molar-refractivity contribution in [3.63, 3.8) is 0 Å². The second-order valence-corrected chi connectivity index (χ2v) is 7.36. The third-order valence-corrected chi connectivity index (χ3v) is 5.46. The number of hydrogen-bond donors (Lipinski definition) is 1. The molecule has 96 valence electrons. The summed E-state index contributed by atoms with van der Waals surface area (Å²) >= 11 is 1.63. The summed E-state index contributed by atoms with van der Waals surface area (Å²) in [5.74, 6) is 0.470. The van der Waals surface area contributed by atoms with Crippen LogP contribution in [-0.2, 0) is 9.84 Å². The topological polar surface area (TPSA) is 57.6 Å². The molecule has 0 aromatic carbocycles. The number of thiophene rings is 1. The lowest BCUT2D eigenvalue weighted by molar-refractivity contribution is 0.167. The lowest BCUT2D eigenvalue weighted by Gasteiger charge is -2.33. The van der Waals surface area contributed by atoms with Crippen LogP contribution in [0.5, 0.6) is 0 Å². The summed E-state index contributed by atoms with van der Waals surface area (Å²) in [6, 6.07) is 2.20. The van der Waals surface area contributed by atoms with E-state index in [1.165, 1.54) is 5.56 Å². The van der Waals surface area contributed by atoms with Gasteiger partial charge < -0.3 is 5.11 Å². The average molecular weight is 275 g/mol. The molecular weight excluding hydrogens is 258 g/mol. The first kappa shape index (κ1) is 13.0. The molecule has 1 aliphatic heterocycles. The molecule has 1 fully saturated rings. The summed E-state index contributed by atoms with van der Waals surface area (Å²) in [5.41, 5.74) is 1.18. The molecule has 17 heavy (non-hydrogen) atoms. The number of nitrogens with zero attached hydrogens (tertiary/aromatic N) is 1. The van der Waals surface area contributed by atoms with Gasteiger partial charge in [-0.15, -0.1) is 0 Å². The Morgan fingerprint density at radius 1 is 1.41 bits per heavy atom. The molecule has 0 amide bonds. The van der Waals surface area contributed by atoms with Crippen LogP contribution in [0.2, 0.25) is 0 Å². The zero-order chi connectivity index (χ0) is 12.3. The molecule has 0 unspecified atom stereocenters. The molecule has 0 spiro atoms. The van der Waals surface area contributed by atoms with Crippen molar-refractivity contribution >= 4 is 21.2 Å². The van der Waals surface area contributed by atoms with Crippen molar-refractivity contribution in [2.45, 2.75) is 12.5 Å². The van der Waals surface area contributed by atoms with Gasteiger partial charge >= 0.3 is 0 Å². The monoisotopic (exact) mass is 275 g/mol. The molecule has 0 saturated carbocycles. The van der Waals surface area contributed by atoms with Gasteiger partial charge in [-0.25, -0.2) is 8.42 Å². The Morgan fingerprint density at radius 2 is 2.12 bits per heavy atom. The molecule has 0 aliphatic carbocycles. The third-order valence-electron chi connectivity index (χ3n) is 3.15. The lowest BCUT2D eigenvalue weighted by Crippen LogP contribution is -2.42. The third kappa shape index (κ3) is 3.28. The van der Waals surface area contributed by atoms with Crippen molar-refractivity contribution in [3.8, 4) is 0 Å². The van der Waals surface area contributed by atoms with Crippen molar-refractivity contribution in [3.05, 3.63) is 22.4 Å². The van der Waals surface area contributed by atoms with E-state index in [4.69, 9.17) is 5.11 Å². The van der Waals surface area contributed by atoms with Gasteiger partial charge in [0.25, 0.3) is 0 Å². The van der Waals surface area contributed by atoms with E-state index in [-0.39, 0.29) is 24.2 Å².